The average molecular weight is 278 g/mol. The van der Waals surface area contributed by atoms with Crippen molar-refractivity contribution in [2.45, 2.75) is 26.7 Å². The molecule has 0 radical (unpaired) electrons. The Balaban J connectivity index is 2.13. The zero-order valence-corrected chi connectivity index (χ0v) is 12.6. The van der Waals surface area contributed by atoms with E-state index in [1.807, 2.05) is 30.3 Å². The topological polar surface area (TPSA) is 41.6 Å². The number of unbranched alkanes of at least 4 members (excludes halogenated alkanes) is 1. The molecule has 20 heavy (non-hydrogen) atoms. The molecule has 4 heteroatoms. The molecule has 1 aromatic rings. The average Bonchev–Trinajstić information content (AvgIpc) is 2.49. The minimum absolute atomic E-state index is 0.0691. The summed E-state index contributed by atoms with van der Waals surface area (Å²) in [5.41, 5.74) is 0. The first-order valence-electron chi connectivity index (χ1n) is 7.43. The third-order valence-electron chi connectivity index (χ3n) is 3.08. The molecule has 1 N–H and O–H groups in total. The van der Waals surface area contributed by atoms with Crippen LogP contribution < -0.4 is 10.1 Å². The second-order valence-electron chi connectivity index (χ2n) is 4.73. The highest BCUT2D eigenvalue weighted by atomic mass is 16.5. The van der Waals surface area contributed by atoms with Crippen LogP contribution in [0, 0.1) is 0 Å². The molecular formula is C16H26N2O2. The second-order valence-corrected chi connectivity index (χ2v) is 4.73. The molecule has 0 unspecified atom stereocenters. The maximum atomic E-state index is 11.8. The molecule has 0 aromatic heterocycles. The van der Waals surface area contributed by atoms with Gasteiger partial charge in [-0.25, -0.2) is 0 Å². The first kappa shape index (κ1) is 16.5. The number of amides is 1. The van der Waals surface area contributed by atoms with Crippen molar-refractivity contribution in [1.29, 1.82) is 0 Å². The molecule has 112 valence electrons. The smallest absolute Gasteiger partial charge is 0.234 e. The summed E-state index contributed by atoms with van der Waals surface area (Å²) in [5, 5.41) is 2.89. The van der Waals surface area contributed by atoms with Gasteiger partial charge < -0.3 is 10.1 Å². The van der Waals surface area contributed by atoms with Gasteiger partial charge in [-0.3, -0.25) is 9.69 Å². The van der Waals surface area contributed by atoms with Crippen LogP contribution in [0.5, 0.6) is 5.75 Å². The summed E-state index contributed by atoms with van der Waals surface area (Å²) in [6.07, 6.45) is 2.29. The highest BCUT2D eigenvalue weighted by molar-refractivity contribution is 5.77. The van der Waals surface area contributed by atoms with Crippen molar-refractivity contribution in [3.05, 3.63) is 30.3 Å². The van der Waals surface area contributed by atoms with Crippen molar-refractivity contribution < 1.29 is 9.53 Å². The van der Waals surface area contributed by atoms with Gasteiger partial charge in [-0.2, -0.15) is 0 Å². The van der Waals surface area contributed by atoms with Crippen LogP contribution in [0.25, 0.3) is 0 Å². The van der Waals surface area contributed by atoms with Crippen molar-refractivity contribution >= 4 is 5.91 Å². The number of carbonyl (C=O) groups is 1. The van der Waals surface area contributed by atoms with Gasteiger partial charge >= 0.3 is 0 Å². The van der Waals surface area contributed by atoms with Gasteiger partial charge in [-0.15, -0.1) is 0 Å². The van der Waals surface area contributed by atoms with E-state index in [-0.39, 0.29) is 5.91 Å². The third-order valence-corrected chi connectivity index (χ3v) is 3.08. The van der Waals surface area contributed by atoms with Gasteiger partial charge in [-0.1, -0.05) is 38.5 Å². The summed E-state index contributed by atoms with van der Waals surface area (Å²) in [7, 11) is 0. The lowest BCUT2D eigenvalue weighted by molar-refractivity contribution is -0.122. The van der Waals surface area contributed by atoms with Gasteiger partial charge in [0, 0.05) is 0 Å². The molecule has 0 saturated carbocycles. The first-order valence-corrected chi connectivity index (χ1v) is 7.43. The predicted molar refractivity (Wildman–Crippen MR) is 82.0 cm³/mol. The lowest BCUT2D eigenvalue weighted by Gasteiger charge is -2.19. The summed E-state index contributed by atoms with van der Waals surface area (Å²) in [6, 6.07) is 9.63. The molecule has 1 aromatic carbocycles. The third kappa shape index (κ3) is 7.14. The molecule has 4 nitrogen and oxygen atoms in total. The van der Waals surface area contributed by atoms with Crippen LogP contribution in [0.15, 0.2) is 30.3 Å². The maximum Gasteiger partial charge on any atom is 0.234 e. The van der Waals surface area contributed by atoms with E-state index in [1.165, 1.54) is 0 Å². The van der Waals surface area contributed by atoms with E-state index < -0.39 is 0 Å². The van der Waals surface area contributed by atoms with Crippen molar-refractivity contribution in [2.24, 2.45) is 0 Å². The van der Waals surface area contributed by atoms with Crippen LogP contribution >= 0.6 is 0 Å². The molecule has 0 saturated heterocycles. The summed E-state index contributed by atoms with van der Waals surface area (Å²) in [4.78, 5) is 13.9. The Morgan fingerprint density at radius 1 is 1.25 bits per heavy atom. The molecule has 1 rings (SSSR count). The minimum Gasteiger partial charge on any atom is -0.492 e. The highest BCUT2D eigenvalue weighted by Crippen LogP contribution is 2.07. The van der Waals surface area contributed by atoms with Crippen molar-refractivity contribution in [3.8, 4) is 5.75 Å². The molecule has 0 bridgehead atoms. The van der Waals surface area contributed by atoms with E-state index in [0.29, 0.717) is 19.7 Å². The number of nitrogens with zero attached hydrogens (tertiary/aromatic N) is 1. The maximum absolute atomic E-state index is 11.8. The number of para-hydroxylation sites is 1. The Morgan fingerprint density at radius 2 is 2.00 bits per heavy atom. The SMILES string of the molecule is CCCCN(CC)CC(=O)NCCOc1ccccc1. The summed E-state index contributed by atoms with van der Waals surface area (Å²) >= 11 is 0. The first-order chi connectivity index (χ1) is 9.76. The molecule has 0 aliphatic heterocycles. The van der Waals surface area contributed by atoms with E-state index in [4.69, 9.17) is 4.74 Å². The number of hydrogen-bond acceptors (Lipinski definition) is 3. The van der Waals surface area contributed by atoms with Crippen LogP contribution in [0.2, 0.25) is 0 Å². The zero-order valence-electron chi connectivity index (χ0n) is 12.6. The quantitative estimate of drug-likeness (QED) is 0.668. The Bertz CT molecular complexity index is 368. The summed E-state index contributed by atoms with van der Waals surface area (Å²) in [5.74, 6) is 0.902. The molecule has 1 amide bonds. The van der Waals surface area contributed by atoms with E-state index in [1.54, 1.807) is 0 Å². The van der Waals surface area contributed by atoms with Crippen molar-refractivity contribution in [2.75, 3.05) is 32.8 Å². The van der Waals surface area contributed by atoms with Gasteiger partial charge in [-0.05, 0) is 31.6 Å². The highest BCUT2D eigenvalue weighted by Gasteiger charge is 2.07. The Morgan fingerprint density at radius 3 is 2.65 bits per heavy atom. The molecule has 0 aliphatic carbocycles. The van der Waals surface area contributed by atoms with Crippen LogP contribution in [0.1, 0.15) is 26.7 Å². The zero-order chi connectivity index (χ0) is 14.6. The van der Waals surface area contributed by atoms with Crippen molar-refractivity contribution in [1.82, 2.24) is 10.2 Å². The number of hydrogen-bond donors (Lipinski definition) is 1. The molecule has 0 spiro atoms. The molecule has 0 heterocycles. The fourth-order valence-corrected chi connectivity index (χ4v) is 1.87. The predicted octanol–water partition coefficient (Wildman–Crippen LogP) is 2.30. The monoisotopic (exact) mass is 278 g/mol. The van der Waals surface area contributed by atoms with Crippen LogP contribution in [-0.4, -0.2) is 43.6 Å². The van der Waals surface area contributed by atoms with Crippen LogP contribution in [-0.2, 0) is 4.79 Å². The number of rotatable bonds is 10. The molecular weight excluding hydrogens is 252 g/mol. The van der Waals surface area contributed by atoms with Gasteiger partial charge in [0.15, 0.2) is 0 Å². The molecule has 0 atom stereocenters. The number of benzene rings is 1. The van der Waals surface area contributed by atoms with E-state index in [0.717, 1.165) is 31.7 Å². The van der Waals surface area contributed by atoms with Gasteiger partial charge in [0.25, 0.3) is 0 Å². The number of carbonyl (C=O) groups excluding carboxylic acids is 1. The van der Waals surface area contributed by atoms with Gasteiger partial charge in [0.1, 0.15) is 12.4 Å². The number of likely N-dealkylation sites (N-methyl/N-ethyl adjacent to an activating group) is 1. The van der Waals surface area contributed by atoms with Crippen LogP contribution in [0.3, 0.4) is 0 Å². The second kappa shape index (κ2) is 10.3. The minimum atomic E-state index is 0.0691. The normalized spacial score (nSPS) is 10.6. The lowest BCUT2D eigenvalue weighted by Crippen LogP contribution is -2.39. The summed E-state index contributed by atoms with van der Waals surface area (Å²) < 4.78 is 5.52. The Kier molecular flexibility index (Phi) is 8.47. The Hall–Kier alpha value is -1.55. The number of nitrogens with one attached hydrogen (secondary N) is 1. The fraction of sp³-hybridized carbons (Fsp3) is 0.562. The van der Waals surface area contributed by atoms with Crippen LogP contribution in [0.4, 0.5) is 0 Å². The fourth-order valence-electron chi connectivity index (χ4n) is 1.87. The number of ether oxygens (including phenoxy) is 1. The van der Waals surface area contributed by atoms with E-state index >= 15 is 0 Å². The van der Waals surface area contributed by atoms with E-state index in [9.17, 15) is 4.79 Å². The van der Waals surface area contributed by atoms with Gasteiger partial charge in [0.2, 0.25) is 5.91 Å². The summed E-state index contributed by atoms with van der Waals surface area (Å²) in [6.45, 7) is 7.66. The molecule has 0 fully saturated rings. The Labute approximate surface area is 122 Å². The largest absolute Gasteiger partial charge is 0.492 e. The van der Waals surface area contributed by atoms with Crippen molar-refractivity contribution in [3.63, 3.8) is 0 Å². The molecule has 0 aliphatic rings. The van der Waals surface area contributed by atoms with E-state index in [2.05, 4.69) is 24.1 Å². The standard InChI is InChI=1S/C16H26N2O2/c1-3-5-12-18(4-2)14-16(19)17-11-13-20-15-9-7-6-8-10-15/h6-10H,3-5,11-14H2,1-2H3,(H,17,19). The lowest BCUT2D eigenvalue weighted by atomic mass is 10.3. The van der Waals surface area contributed by atoms with Gasteiger partial charge in [0.05, 0.1) is 13.1 Å².